The van der Waals surface area contributed by atoms with Gasteiger partial charge in [-0.15, -0.1) is 0 Å². The van der Waals surface area contributed by atoms with Gasteiger partial charge in [0, 0.05) is 12.3 Å². The van der Waals surface area contributed by atoms with Crippen molar-refractivity contribution in [2.75, 3.05) is 11.1 Å². The molecule has 2 heterocycles. The average Bonchev–Trinajstić information content (AvgIpc) is 2.47. The molecule has 3 rings (SSSR count). The smallest absolute Gasteiger partial charge is 0.257 e. The SMILES string of the molecule is CCSc1nc2c(c(=O)[nH]1)[C@@H](c1ccccc1)CC(=O)N2. The third-order valence-corrected chi connectivity index (χ3v) is 4.17. The summed E-state index contributed by atoms with van der Waals surface area (Å²) >= 11 is 1.44. The molecule has 0 saturated heterocycles. The quantitative estimate of drug-likeness (QED) is 0.674. The number of nitrogens with one attached hydrogen (secondary N) is 2. The molecule has 0 bridgehead atoms. The molecular weight excluding hydrogens is 286 g/mol. The molecule has 21 heavy (non-hydrogen) atoms. The first-order valence-corrected chi connectivity index (χ1v) is 7.79. The highest BCUT2D eigenvalue weighted by Gasteiger charge is 2.30. The highest BCUT2D eigenvalue weighted by Crippen LogP contribution is 2.34. The van der Waals surface area contributed by atoms with E-state index in [4.69, 9.17) is 0 Å². The highest BCUT2D eigenvalue weighted by atomic mass is 32.2. The number of amides is 1. The number of fused-ring (bicyclic) bond motifs is 1. The number of benzene rings is 1. The lowest BCUT2D eigenvalue weighted by Gasteiger charge is -2.24. The van der Waals surface area contributed by atoms with E-state index in [1.165, 1.54) is 11.8 Å². The van der Waals surface area contributed by atoms with E-state index in [0.29, 0.717) is 16.5 Å². The summed E-state index contributed by atoms with van der Waals surface area (Å²) in [5.41, 5.74) is 1.32. The molecule has 2 N–H and O–H groups in total. The van der Waals surface area contributed by atoms with Gasteiger partial charge in [0.15, 0.2) is 5.16 Å². The summed E-state index contributed by atoms with van der Waals surface area (Å²) < 4.78 is 0. The van der Waals surface area contributed by atoms with E-state index in [1.807, 2.05) is 37.3 Å². The van der Waals surface area contributed by atoms with Crippen LogP contribution in [0.25, 0.3) is 0 Å². The summed E-state index contributed by atoms with van der Waals surface area (Å²) in [5.74, 6) is 0.839. The number of hydrogen-bond donors (Lipinski definition) is 2. The third-order valence-electron chi connectivity index (χ3n) is 3.41. The normalized spacial score (nSPS) is 17.2. The summed E-state index contributed by atoms with van der Waals surface area (Å²) in [7, 11) is 0. The summed E-state index contributed by atoms with van der Waals surface area (Å²) in [5, 5.41) is 3.25. The highest BCUT2D eigenvalue weighted by molar-refractivity contribution is 7.99. The van der Waals surface area contributed by atoms with Gasteiger partial charge in [-0.1, -0.05) is 49.0 Å². The predicted molar refractivity (Wildman–Crippen MR) is 82.8 cm³/mol. The Morgan fingerprint density at radius 2 is 2.05 bits per heavy atom. The van der Waals surface area contributed by atoms with Crippen LogP contribution in [0.2, 0.25) is 0 Å². The molecule has 1 aromatic heterocycles. The van der Waals surface area contributed by atoms with E-state index in [2.05, 4.69) is 15.3 Å². The van der Waals surface area contributed by atoms with Crippen molar-refractivity contribution in [3.05, 3.63) is 51.8 Å². The molecule has 0 aliphatic carbocycles. The second-order valence-corrected chi connectivity index (χ2v) is 6.03. The number of aromatic amines is 1. The van der Waals surface area contributed by atoms with Crippen LogP contribution < -0.4 is 10.9 Å². The third kappa shape index (κ3) is 2.71. The number of carbonyl (C=O) groups excluding carboxylic acids is 1. The molecule has 0 spiro atoms. The fourth-order valence-corrected chi connectivity index (χ4v) is 3.12. The Morgan fingerprint density at radius 3 is 2.76 bits per heavy atom. The maximum atomic E-state index is 12.4. The molecule has 6 heteroatoms. The topological polar surface area (TPSA) is 74.8 Å². The van der Waals surface area contributed by atoms with Crippen LogP contribution in [0, 0.1) is 0 Å². The van der Waals surface area contributed by atoms with E-state index in [9.17, 15) is 9.59 Å². The Kier molecular flexibility index (Phi) is 3.79. The minimum atomic E-state index is -0.244. The molecule has 1 atom stereocenters. The predicted octanol–water partition coefficient (Wildman–Crippen LogP) is 2.36. The number of rotatable bonds is 3. The minimum Gasteiger partial charge on any atom is -0.310 e. The molecule has 1 aliphatic rings. The van der Waals surface area contributed by atoms with Gasteiger partial charge in [0.05, 0.1) is 5.56 Å². The molecule has 108 valence electrons. The number of nitrogens with zero attached hydrogens (tertiary/aromatic N) is 1. The second kappa shape index (κ2) is 5.73. The maximum absolute atomic E-state index is 12.4. The first-order chi connectivity index (χ1) is 10.2. The van der Waals surface area contributed by atoms with Crippen LogP contribution in [0.5, 0.6) is 0 Å². The van der Waals surface area contributed by atoms with Crippen LogP contribution in [-0.4, -0.2) is 21.6 Å². The van der Waals surface area contributed by atoms with Crippen molar-refractivity contribution in [1.82, 2.24) is 9.97 Å². The zero-order valence-electron chi connectivity index (χ0n) is 11.6. The van der Waals surface area contributed by atoms with Crippen molar-refractivity contribution in [3.63, 3.8) is 0 Å². The summed E-state index contributed by atoms with van der Waals surface area (Å²) in [4.78, 5) is 31.5. The van der Waals surface area contributed by atoms with Crippen molar-refractivity contribution < 1.29 is 4.79 Å². The Bertz CT molecular complexity index is 727. The van der Waals surface area contributed by atoms with Gasteiger partial charge >= 0.3 is 0 Å². The average molecular weight is 301 g/mol. The van der Waals surface area contributed by atoms with Crippen molar-refractivity contribution in [2.24, 2.45) is 0 Å². The fraction of sp³-hybridized carbons (Fsp3) is 0.267. The molecule has 5 nitrogen and oxygen atoms in total. The van der Waals surface area contributed by atoms with Crippen molar-refractivity contribution in [3.8, 4) is 0 Å². The molecular formula is C15H15N3O2S. The molecule has 1 aromatic carbocycles. The largest absolute Gasteiger partial charge is 0.310 e. The van der Waals surface area contributed by atoms with Gasteiger partial charge in [-0.25, -0.2) is 4.98 Å². The van der Waals surface area contributed by atoms with Crippen LogP contribution in [-0.2, 0) is 4.79 Å². The Hall–Kier alpha value is -2.08. The zero-order valence-corrected chi connectivity index (χ0v) is 12.4. The Labute approximate surface area is 126 Å². The zero-order chi connectivity index (χ0) is 14.8. The summed E-state index contributed by atoms with van der Waals surface area (Å²) in [6.45, 7) is 1.98. The van der Waals surface area contributed by atoms with E-state index in [-0.39, 0.29) is 23.8 Å². The molecule has 2 aromatic rings. The fourth-order valence-electron chi connectivity index (χ4n) is 2.53. The van der Waals surface area contributed by atoms with Crippen molar-refractivity contribution in [1.29, 1.82) is 0 Å². The Morgan fingerprint density at radius 1 is 1.29 bits per heavy atom. The van der Waals surface area contributed by atoms with Gasteiger partial charge < -0.3 is 10.3 Å². The number of hydrogen-bond acceptors (Lipinski definition) is 4. The summed E-state index contributed by atoms with van der Waals surface area (Å²) in [6, 6.07) is 9.59. The van der Waals surface area contributed by atoms with Crippen molar-refractivity contribution in [2.45, 2.75) is 24.4 Å². The molecule has 0 saturated carbocycles. The van der Waals surface area contributed by atoms with Gasteiger partial charge in [0.1, 0.15) is 5.82 Å². The first-order valence-electron chi connectivity index (χ1n) is 6.81. The van der Waals surface area contributed by atoms with E-state index in [1.54, 1.807) is 0 Å². The molecule has 1 aliphatic heterocycles. The van der Waals surface area contributed by atoms with Gasteiger partial charge in [0.2, 0.25) is 5.91 Å². The monoisotopic (exact) mass is 301 g/mol. The van der Waals surface area contributed by atoms with Crippen LogP contribution >= 0.6 is 11.8 Å². The number of thioether (sulfide) groups is 1. The van der Waals surface area contributed by atoms with Gasteiger partial charge in [0.25, 0.3) is 5.56 Å². The molecule has 0 fully saturated rings. The number of H-pyrrole nitrogens is 1. The summed E-state index contributed by atoms with van der Waals surface area (Å²) in [6.07, 6.45) is 0.266. The molecule has 0 unspecified atom stereocenters. The van der Waals surface area contributed by atoms with Crippen LogP contribution in [0.4, 0.5) is 5.82 Å². The minimum absolute atomic E-state index is 0.109. The number of anilines is 1. The first kappa shape index (κ1) is 13.9. The number of carbonyl (C=O) groups is 1. The van der Waals surface area contributed by atoms with Crippen molar-refractivity contribution >= 4 is 23.5 Å². The number of aromatic nitrogens is 2. The van der Waals surface area contributed by atoms with Gasteiger partial charge in [-0.05, 0) is 11.3 Å². The van der Waals surface area contributed by atoms with E-state index in [0.717, 1.165) is 11.3 Å². The van der Waals surface area contributed by atoms with Crippen LogP contribution in [0.15, 0.2) is 40.3 Å². The maximum Gasteiger partial charge on any atom is 0.257 e. The standard InChI is InChI=1S/C15H15N3O2S/c1-2-21-15-17-13-12(14(20)18-15)10(8-11(19)16-13)9-6-4-3-5-7-9/h3-7,10H,2,8H2,1H3,(H2,16,17,18,19,20)/t10-/m1/s1. The van der Waals surface area contributed by atoms with Crippen LogP contribution in [0.1, 0.15) is 30.4 Å². The molecule has 0 radical (unpaired) electrons. The van der Waals surface area contributed by atoms with Crippen LogP contribution in [0.3, 0.4) is 0 Å². The van der Waals surface area contributed by atoms with Gasteiger partial charge in [-0.3, -0.25) is 9.59 Å². The lowest BCUT2D eigenvalue weighted by Crippen LogP contribution is -2.31. The van der Waals surface area contributed by atoms with E-state index >= 15 is 0 Å². The second-order valence-electron chi connectivity index (χ2n) is 4.78. The lowest BCUT2D eigenvalue weighted by atomic mass is 9.87. The van der Waals surface area contributed by atoms with Gasteiger partial charge in [-0.2, -0.15) is 0 Å². The van der Waals surface area contributed by atoms with E-state index < -0.39 is 0 Å². The molecule has 1 amide bonds. The lowest BCUT2D eigenvalue weighted by molar-refractivity contribution is -0.116. The Balaban J connectivity index is 2.12.